The predicted molar refractivity (Wildman–Crippen MR) is 84.2 cm³/mol. The van der Waals surface area contributed by atoms with Crippen LogP contribution in [0.1, 0.15) is 4.88 Å². The maximum absolute atomic E-state index is 12.9. The summed E-state index contributed by atoms with van der Waals surface area (Å²) in [4.78, 5) is 17.2. The first-order chi connectivity index (χ1) is 10.2. The van der Waals surface area contributed by atoms with Crippen LogP contribution in [0.2, 0.25) is 0 Å². The number of halogens is 1. The first-order valence-electron chi connectivity index (χ1n) is 6.24. The molecule has 0 aliphatic carbocycles. The van der Waals surface area contributed by atoms with E-state index in [2.05, 4.69) is 10.3 Å². The van der Waals surface area contributed by atoms with Gasteiger partial charge in [-0.05, 0) is 35.7 Å². The van der Waals surface area contributed by atoms with Crippen molar-refractivity contribution in [2.75, 3.05) is 5.32 Å². The number of anilines is 1. The number of benzene rings is 1. The maximum Gasteiger partial charge on any atom is 0.231 e. The Balaban J connectivity index is 1.67. The van der Waals surface area contributed by atoms with Crippen LogP contribution in [0.4, 0.5) is 9.52 Å². The third kappa shape index (κ3) is 3.53. The summed E-state index contributed by atoms with van der Waals surface area (Å²) in [7, 11) is 0. The zero-order chi connectivity index (χ0) is 14.7. The molecule has 0 spiro atoms. The van der Waals surface area contributed by atoms with Gasteiger partial charge < -0.3 is 5.32 Å². The average Bonchev–Trinajstić information content (AvgIpc) is 3.11. The van der Waals surface area contributed by atoms with Crippen LogP contribution >= 0.6 is 22.7 Å². The van der Waals surface area contributed by atoms with Crippen molar-refractivity contribution in [3.8, 4) is 11.3 Å². The molecule has 0 saturated carbocycles. The summed E-state index contributed by atoms with van der Waals surface area (Å²) < 4.78 is 12.9. The Hall–Kier alpha value is -2.05. The number of nitrogens with one attached hydrogen (secondary N) is 1. The van der Waals surface area contributed by atoms with E-state index in [9.17, 15) is 9.18 Å². The van der Waals surface area contributed by atoms with Crippen LogP contribution in [-0.4, -0.2) is 10.9 Å². The van der Waals surface area contributed by atoms with E-state index in [1.165, 1.54) is 23.5 Å². The molecule has 0 radical (unpaired) electrons. The first kappa shape index (κ1) is 13.9. The van der Waals surface area contributed by atoms with Gasteiger partial charge in [0.05, 0.1) is 12.1 Å². The van der Waals surface area contributed by atoms with Crippen LogP contribution in [0.25, 0.3) is 11.3 Å². The third-order valence-electron chi connectivity index (χ3n) is 2.81. The van der Waals surface area contributed by atoms with Crippen LogP contribution in [-0.2, 0) is 11.2 Å². The Kier molecular flexibility index (Phi) is 4.08. The number of hydrogen-bond donors (Lipinski definition) is 1. The lowest BCUT2D eigenvalue weighted by Crippen LogP contribution is -2.13. The van der Waals surface area contributed by atoms with Gasteiger partial charge in [-0.2, -0.15) is 0 Å². The summed E-state index contributed by atoms with van der Waals surface area (Å²) in [5, 5.41) is 7.12. The largest absolute Gasteiger partial charge is 0.302 e. The van der Waals surface area contributed by atoms with E-state index < -0.39 is 0 Å². The molecule has 3 nitrogen and oxygen atoms in total. The van der Waals surface area contributed by atoms with Crippen LogP contribution in [0.5, 0.6) is 0 Å². The monoisotopic (exact) mass is 318 g/mol. The van der Waals surface area contributed by atoms with E-state index >= 15 is 0 Å². The number of nitrogens with zero attached hydrogens (tertiary/aromatic N) is 1. The van der Waals surface area contributed by atoms with Gasteiger partial charge in [0, 0.05) is 15.8 Å². The topological polar surface area (TPSA) is 42.0 Å². The van der Waals surface area contributed by atoms with Gasteiger partial charge in [0.2, 0.25) is 5.91 Å². The van der Waals surface area contributed by atoms with Crippen molar-refractivity contribution in [3.05, 3.63) is 57.9 Å². The molecule has 0 aliphatic rings. The highest BCUT2D eigenvalue weighted by molar-refractivity contribution is 7.14. The molecule has 1 N–H and O–H groups in total. The van der Waals surface area contributed by atoms with Gasteiger partial charge in [-0.25, -0.2) is 9.37 Å². The van der Waals surface area contributed by atoms with Crippen molar-refractivity contribution < 1.29 is 9.18 Å². The summed E-state index contributed by atoms with van der Waals surface area (Å²) in [6, 6.07) is 9.97. The summed E-state index contributed by atoms with van der Waals surface area (Å²) in [6.07, 6.45) is 0.350. The highest BCUT2D eigenvalue weighted by atomic mass is 32.1. The van der Waals surface area contributed by atoms with Crippen LogP contribution in [0, 0.1) is 5.82 Å². The zero-order valence-electron chi connectivity index (χ0n) is 10.9. The molecular weight excluding hydrogens is 307 g/mol. The molecule has 21 heavy (non-hydrogen) atoms. The fraction of sp³-hybridized carbons (Fsp3) is 0.0667. The average molecular weight is 318 g/mol. The molecule has 3 aromatic rings. The molecule has 0 fully saturated rings. The fourth-order valence-electron chi connectivity index (χ4n) is 1.82. The summed E-state index contributed by atoms with van der Waals surface area (Å²) in [5.74, 6) is -0.365. The number of thiophene rings is 1. The van der Waals surface area contributed by atoms with Crippen LogP contribution < -0.4 is 5.32 Å². The second-order valence-corrected chi connectivity index (χ2v) is 6.24. The summed E-state index contributed by atoms with van der Waals surface area (Å²) >= 11 is 2.91. The molecule has 2 aromatic heterocycles. The van der Waals surface area contributed by atoms with Gasteiger partial charge >= 0.3 is 0 Å². The predicted octanol–water partition coefficient (Wildman–Crippen LogP) is 4.19. The van der Waals surface area contributed by atoms with Crippen molar-refractivity contribution in [3.63, 3.8) is 0 Å². The minimum atomic E-state index is -0.279. The Labute approximate surface area is 129 Å². The first-order valence-corrected chi connectivity index (χ1v) is 8.00. The van der Waals surface area contributed by atoms with E-state index in [1.54, 1.807) is 23.5 Å². The normalized spacial score (nSPS) is 10.5. The van der Waals surface area contributed by atoms with Crippen molar-refractivity contribution in [1.29, 1.82) is 0 Å². The number of thiazole rings is 1. The van der Waals surface area contributed by atoms with E-state index in [0.29, 0.717) is 11.6 Å². The smallest absolute Gasteiger partial charge is 0.231 e. The fourth-order valence-corrected chi connectivity index (χ4v) is 3.26. The molecule has 1 amide bonds. The molecule has 0 unspecified atom stereocenters. The molecule has 0 aliphatic heterocycles. The minimum absolute atomic E-state index is 0.0857. The van der Waals surface area contributed by atoms with Crippen molar-refractivity contribution in [1.82, 2.24) is 4.98 Å². The number of carbonyl (C=O) groups is 1. The molecule has 6 heteroatoms. The Morgan fingerprint density at radius 2 is 2.00 bits per heavy atom. The molecule has 106 valence electrons. The number of rotatable bonds is 4. The van der Waals surface area contributed by atoms with Gasteiger partial charge in [-0.1, -0.05) is 6.07 Å². The Bertz CT molecular complexity index is 735. The highest BCUT2D eigenvalue weighted by Gasteiger charge is 2.09. The van der Waals surface area contributed by atoms with E-state index in [1.807, 2.05) is 22.9 Å². The van der Waals surface area contributed by atoms with Crippen molar-refractivity contribution in [2.45, 2.75) is 6.42 Å². The van der Waals surface area contributed by atoms with E-state index in [-0.39, 0.29) is 11.7 Å². The standard InChI is InChI=1S/C15H11FN2OS2/c16-11-5-3-10(4-6-11)13-9-21-15(17-13)18-14(19)8-12-2-1-7-20-12/h1-7,9H,8H2,(H,17,18,19). The number of hydrogen-bond acceptors (Lipinski definition) is 4. The third-order valence-corrected chi connectivity index (χ3v) is 4.44. The molecule has 2 heterocycles. The lowest BCUT2D eigenvalue weighted by Gasteiger charge is -1.99. The van der Waals surface area contributed by atoms with E-state index in [0.717, 1.165) is 16.1 Å². The number of amides is 1. The number of carbonyl (C=O) groups excluding carboxylic acids is 1. The SMILES string of the molecule is O=C(Cc1cccs1)Nc1nc(-c2ccc(F)cc2)cs1. The van der Waals surface area contributed by atoms with Gasteiger partial charge in [0.1, 0.15) is 5.82 Å². The van der Waals surface area contributed by atoms with Crippen LogP contribution in [0.3, 0.4) is 0 Å². The van der Waals surface area contributed by atoms with Crippen LogP contribution in [0.15, 0.2) is 47.2 Å². The summed E-state index contributed by atoms with van der Waals surface area (Å²) in [5.41, 5.74) is 1.55. The second kappa shape index (κ2) is 6.15. The molecular formula is C15H11FN2OS2. The zero-order valence-corrected chi connectivity index (χ0v) is 12.5. The highest BCUT2D eigenvalue weighted by Crippen LogP contribution is 2.25. The minimum Gasteiger partial charge on any atom is -0.302 e. The van der Waals surface area contributed by atoms with E-state index in [4.69, 9.17) is 0 Å². The summed E-state index contributed by atoms with van der Waals surface area (Å²) in [6.45, 7) is 0. The van der Waals surface area contributed by atoms with Crippen molar-refractivity contribution in [2.24, 2.45) is 0 Å². The molecule has 0 atom stereocenters. The maximum atomic E-state index is 12.9. The van der Waals surface area contributed by atoms with Gasteiger partial charge in [0.25, 0.3) is 0 Å². The lowest BCUT2D eigenvalue weighted by molar-refractivity contribution is -0.115. The Morgan fingerprint density at radius 1 is 1.19 bits per heavy atom. The molecule has 3 rings (SSSR count). The molecule has 0 saturated heterocycles. The quantitative estimate of drug-likeness (QED) is 0.783. The van der Waals surface area contributed by atoms with Crippen molar-refractivity contribution >= 4 is 33.7 Å². The Morgan fingerprint density at radius 3 is 2.71 bits per heavy atom. The van der Waals surface area contributed by atoms with Gasteiger partial charge in [-0.3, -0.25) is 4.79 Å². The molecule has 0 bridgehead atoms. The lowest BCUT2D eigenvalue weighted by atomic mass is 10.2. The molecule has 1 aromatic carbocycles. The van der Waals surface area contributed by atoms with Gasteiger partial charge in [0.15, 0.2) is 5.13 Å². The second-order valence-electron chi connectivity index (χ2n) is 4.35. The number of aromatic nitrogens is 1. The van der Waals surface area contributed by atoms with Gasteiger partial charge in [-0.15, -0.1) is 22.7 Å².